The molecular weight excluding hydrogens is 340 g/mol. The number of aromatic nitrogens is 1. The van der Waals surface area contributed by atoms with E-state index in [9.17, 15) is 4.79 Å². The number of nitrogens with zero attached hydrogens (tertiary/aromatic N) is 1. The van der Waals surface area contributed by atoms with E-state index in [1.807, 2.05) is 54.7 Å². The summed E-state index contributed by atoms with van der Waals surface area (Å²) in [7, 11) is 0. The van der Waals surface area contributed by atoms with Gasteiger partial charge in [0.2, 0.25) is 5.91 Å². The Bertz CT molecular complexity index is 913. The number of morpholine rings is 1. The van der Waals surface area contributed by atoms with E-state index >= 15 is 0 Å². The highest BCUT2D eigenvalue weighted by Gasteiger charge is 2.17. The number of H-pyrrole nitrogens is 1. The molecule has 1 atom stereocenters. The number of carbonyl (C=O) groups excluding carboxylic acids is 1. The molecule has 0 spiro atoms. The number of nitrogens with one attached hydrogen (secondary N) is 2. The van der Waals surface area contributed by atoms with Crippen molar-refractivity contribution in [3.05, 3.63) is 60.3 Å². The molecule has 0 unspecified atom stereocenters. The minimum absolute atomic E-state index is 0.181. The van der Waals surface area contributed by atoms with Crippen LogP contribution in [-0.4, -0.2) is 43.2 Å². The largest absolute Gasteiger partial charge is 0.378 e. The molecule has 1 fully saturated rings. The first-order chi connectivity index (χ1) is 13.2. The highest BCUT2D eigenvalue weighted by molar-refractivity contribution is 5.95. The fraction of sp³-hybridized carbons (Fsp3) is 0.286. The highest BCUT2D eigenvalue weighted by atomic mass is 16.5. The molecular formula is C21H24N4O2. The molecule has 140 valence electrons. The van der Waals surface area contributed by atoms with E-state index in [0.717, 1.165) is 54.1 Å². The van der Waals surface area contributed by atoms with Gasteiger partial charge in [-0.1, -0.05) is 18.2 Å². The van der Waals surface area contributed by atoms with Gasteiger partial charge < -0.3 is 25.7 Å². The van der Waals surface area contributed by atoms with Crippen LogP contribution >= 0.6 is 0 Å². The summed E-state index contributed by atoms with van der Waals surface area (Å²) in [5.74, 6) is -0.181. The predicted octanol–water partition coefficient (Wildman–Crippen LogP) is 2.51. The van der Waals surface area contributed by atoms with Crippen molar-refractivity contribution in [1.29, 1.82) is 0 Å². The molecule has 1 amide bonds. The summed E-state index contributed by atoms with van der Waals surface area (Å²) in [5.41, 5.74) is 10.1. The number of para-hydroxylation sites is 1. The second-order valence-corrected chi connectivity index (χ2v) is 6.81. The summed E-state index contributed by atoms with van der Waals surface area (Å²) in [6.45, 7) is 3.28. The Morgan fingerprint density at radius 1 is 1.15 bits per heavy atom. The Morgan fingerprint density at radius 2 is 1.89 bits per heavy atom. The van der Waals surface area contributed by atoms with E-state index < -0.39 is 6.04 Å². The van der Waals surface area contributed by atoms with Crippen LogP contribution < -0.4 is 16.0 Å². The van der Waals surface area contributed by atoms with Gasteiger partial charge in [-0.2, -0.15) is 0 Å². The zero-order valence-electron chi connectivity index (χ0n) is 15.2. The molecule has 2 heterocycles. The molecule has 2 aromatic carbocycles. The van der Waals surface area contributed by atoms with E-state index in [1.54, 1.807) is 0 Å². The number of benzene rings is 2. The van der Waals surface area contributed by atoms with E-state index in [4.69, 9.17) is 10.5 Å². The number of fused-ring (bicyclic) bond motifs is 1. The second-order valence-electron chi connectivity index (χ2n) is 6.81. The number of rotatable bonds is 5. The first-order valence-corrected chi connectivity index (χ1v) is 9.25. The molecule has 4 N–H and O–H groups in total. The van der Waals surface area contributed by atoms with Gasteiger partial charge in [0, 0.05) is 41.6 Å². The quantitative estimate of drug-likeness (QED) is 0.650. The summed E-state index contributed by atoms with van der Waals surface area (Å²) in [6.07, 6.45) is 2.41. The highest BCUT2D eigenvalue weighted by Crippen LogP contribution is 2.21. The van der Waals surface area contributed by atoms with Gasteiger partial charge in [-0.15, -0.1) is 0 Å². The van der Waals surface area contributed by atoms with Gasteiger partial charge in [-0.3, -0.25) is 4.79 Å². The van der Waals surface area contributed by atoms with Crippen LogP contribution in [0.3, 0.4) is 0 Å². The first kappa shape index (κ1) is 17.6. The lowest BCUT2D eigenvalue weighted by atomic mass is 10.0. The van der Waals surface area contributed by atoms with Crippen LogP contribution in [0.15, 0.2) is 54.7 Å². The van der Waals surface area contributed by atoms with Gasteiger partial charge in [-0.05, 0) is 42.3 Å². The van der Waals surface area contributed by atoms with Gasteiger partial charge in [0.15, 0.2) is 0 Å². The Kier molecular flexibility index (Phi) is 5.09. The Hall–Kier alpha value is -2.83. The predicted molar refractivity (Wildman–Crippen MR) is 108 cm³/mol. The number of aromatic amines is 1. The second kappa shape index (κ2) is 7.82. The maximum Gasteiger partial charge on any atom is 0.241 e. The van der Waals surface area contributed by atoms with Gasteiger partial charge in [0.1, 0.15) is 0 Å². The average Bonchev–Trinajstić information content (AvgIpc) is 3.12. The van der Waals surface area contributed by atoms with Crippen molar-refractivity contribution in [1.82, 2.24) is 4.98 Å². The number of hydrogen-bond acceptors (Lipinski definition) is 4. The minimum Gasteiger partial charge on any atom is -0.378 e. The number of ether oxygens (including phenoxy) is 1. The van der Waals surface area contributed by atoms with Gasteiger partial charge >= 0.3 is 0 Å². The average molecular weight is 364 g/mol. The summed E-state index contributed by atoms with van der Waals surface area (Å²) < 4.78 is 5.38. The van der Waals surface area contributed by atoms with Crippen LogP contribution in [0, 0.1) is 0 Å². The summed E-state index contributed by atoms with van der Waals surface area (Å²) >= 11 is 0. The molecule has 0 radical (unpaired) electrons. The molecule has 6 nitrogen and oxygen atoms in total. The van der Waals surface area contributed by atoms with Crippen LogP contribution in [0.4, 0.5) is 11.4 Å². The van der Waals surface area contributed by atoms with Crippen molar-refractivity contribution in [2.24, 2.45) is 5.73 Å². The van der Waals surface area contributed by atoms with Gasteiger partial charge in [-0.25, -0.2) is 0 Å². The molecule has 1 aromatic heterocycles. The van der Waals surface area contributed by atoms with Crippen molar-refractivity contribution in [3.63, 3.8) is 0 Å². The molecule has 0 aliphatic carbocycles. The Balaban J connectivity index is 1.38. The number of anilines is 2. The van der Waals surface area contributed by atoms with Crippen LogP contribution in [0.25, 0.3) is 10.9 Å². The van der Waals surface area contributed by atoms with Crippen molar-refractivity contribution in [3.8, 4) is 0 Å². The number of nitrogens with two attached hydrogens (primary N) is 1. The van der Waals surface area contributed by atoms with Crippen LogP contribution in [0.2, 0.25) is 0 Å². The van der Waals surface area contributed by atoms with E-state index in [-0.39, 0.29) is 5.91 Å². The molecule has 1 aliphatic rings. The zero-order chi connectivity index (χ0) is 18.6. The lowest BCUT2D eigenvalue weighted by Crippen LogP contribution is -2.37. The summed E-state index contributed by atoms with van der Waals surface area (Å²) in [5, 5.41) is 4.02. The lowest BCUT2D eigenvalue weighted by Gasteiger charge is -2.28. The molecule has 0 saturated carbocycles. The van der Waals surface area contributed by atoms with Crippen LogP contribution in [0.1, 0.15) is 5.56 Å². The van der Waals surface area contributed by atoms with Crippen LogP contribution in [0.5, 0.6) is 0 Å². The minimum atomic E-state index is -0.608. The maximum absolute atomic E-state index is 12.5. The number of amides is 1. The number of hydrogen-bond donors (Lipinski definition) is 3. The summed E-state index contributed by atoms with van der Waals surface area (Å²) in [6, 6.07) is 15.3. The third-order valence-corrected chi connectivity index (χ3v) is 4.96. The normalized spacial score (nSPS) is 15.7. The number of carbonyl (C=O) groups is 1. The smallest absolute Gasteiger partial charge is 0.241 e. The van der Waals surface area contributed by atoms with Crippen molar-refractivity contribution >= 4 is 28.2 Å². The van der Waals surface area contributed by atoms with E-state index in [0.29, 0.717) is 6.42 Å². The molecule has 6 heteroatoms. The SMILES string of the molecule is N[C@@H](Cc1c[nH]c2ccccc12)C(=O)Nc1ccc(N2CCOCC2)cc1. The third-order valence-electron chi connectivity index (χ3n) is 4.96. The first-order valence-electron chi connectivity index (χ1n) is 9.25. The van der Waals surface area contributed by atoms with E-state index in [2.05, 4.69) is 15.2 Å². The molecule has 4 rings (SSSR count). The van der Waals surface area contributed by atoms with E-state index in [1.165, 1.54) is 0 Å². The zero-order valence-corrected chi connectivity index (χ0v) is 15.2. The molecule has 0 bridgehead atoms. The molecule has 3 aromatic rings. The van der Waals surface area contributed by atoms with Gasteiger partial charge in [0.25, 0.3) is 0 Å². The fourth-order valence-corrected chi connectivity index (χ4v) is 3.44. The van der Waals surface area contributed by atoms with Crippen LogP contribution in [-0.2, 0) is 16.0 Å². The standard InChI is InChI=1S/C21H24N4O2/c22-19(13-15-14-23-20-4-2-1-3-18(15)20)21(26)24-16-5-7-17(8-6-16)25-9-11-27-12-10-25/h1-8,14,19,23H,9-13,22H2,(H,24,26)/t19-/m0/s1. The Morgan fingerprint density at radius 3 is 2.67 bits per heavy atom. The van der Waals surface area contributed by atoms with Gasteiger partial charge in [0.05, 0.1) is 19.3 Å². The lowest BCUT2D eigenvalue weighted by molar-refractivity contribution is -0.117. The van der Waals surface area contributed by atoms with Crippen molar-refractivity contribution < 1.29 is 9.53 Å². The fourth-order valence-electron chi connectivity index (χ4n) is 3.44. The summed E-state index contributed by atoms with van der Waals surface area (Å²) in [4.78, 5) is 18.0. The third kappa shape index (κ3) is 3.97. The molecule has 1 saturated heterocycles. The molecule has 1 aliphatic heterocycles. The monoisotopic (exact) mass is 364 g/mol. The topological polar surface area (TPSA) is 83.4 Å². The Labute approximate surface area is 158 Å². The van der Waals surface area contributed by atoms with Crippen molar-refractivity contribution in [2.75, 3.05) is 36.5 Å². The van der Waals surface area contributed by atoms with Crippen molar-refractivity contribution in [2.45, 2.75) is 12.5 Å². The molecule has 27 heavy (non-hydrogen) atoms. The maximum atomic E-state index is 12.5.